The summed E-state index contributed by atoms with van der Waals surface area (Å²) in [7, 11) is 0. The second kappa shape index (κ2) is 9.62. The third kappa shape index (κ3) is 5.18. The van der Waals surface area contributed by atoms with Crippen molar-refractivity contribution in [1.29, 1.82) is 0 Å². The van der Waals surface area contributed by atoms with Crippen molar-refractivity contribution in [3.63, 3.8) is 0 Å². The van der Waals surface area contributed by atoms with Crippen LogP contribution in [0.25, 0.3) is 0 Å². The van der Waals surface area contributed by atoms with Gasteiger partial charge in [0, 0.05) is 38.5 Å². The van der Waals surface area contributed by atoms with E-state index in [2.05, 4.69) is 48.1 Å². The lowest BCUT2D eigenvalue weighted by molar-refractivity contribution is 0.0719. The van der Waals surface area contributed by atoms with E-state index in [4.69, 9.17) is 4.74 Å². The summed E-state index contributed by atoms with van der Waals surface area (Å²) in [4.78, 5) is 2.23. The Hall–Kier alpha value is -2.78. The van der Waals surface area contributed by atoms with Crippen LogP contribution in [0.2, 0.25) is 0 Å². The fourth-order valence-corrected chi connectivity index (χ4v) is 4.13. The minimum atomic E-state index is -0.0168. The maximum Gasteiger partial charge on any atom is 0.207 e. The van der Waals surface area contributed by atoms with Gasteiger partial charge in [0.05, 0.1) is 6.10 Å². The quantitative estimate of drug-likeness (QED) is 0.555. The first-order valence-electron chi connectivity index (χ1n) is 9.85. The van der Waals surface area contributed by atoms with Crippen molar-refractivity contribution < 1.29 is 4.74 Å². The predicted octanol–water partition coefficient (Wildman–Crippen LogP) is 3.21. The highest BCUT2D eigenvalue weighted by molar-refractivity contribution is 7.19. The zero-order chi connectivity index (χ0) is 19.9. The highest BCUT2D eigenvalue weighted by Crippen LogP contribution is 2.25. The molecule has 1 fully saturated rings. The summed E-state index contributed by atoms with van der Waals surface area (Å²) >= 11 is 1.53. The molecule has 152 valence electrons. The van der Waals surface area contributed by atoms with Crippen molar-refractivity contribution in [3.05, 3.63) is 54.2 Å². The maximum atomic E-state index is 5.88. The topological polar surface area (TPSA) is 88.1 Å². The average molecular weight is 412 g/mol. The van der Waals surface area contributed by atoms with Gasteiger partial charge in [-0.15, -0.1) is 15.3 Å². The second-order valence-corrected chi connectivity index (χ2v) is 7.78. The summed E-state index contributed by atoms with van der Waals surface area (Å²) in [6.07, 6.45) is 2.70. The van der Waals surface area contributed by atoms with Gasteiger partial charge in [-0.2, -0.15) is 5.10 Å². The van der Waals surface area contributed by atoms with Gasteiger partial charge in [-0.25, -0.2) is 0 Å². The van der Waals surface area contributed by atoms with Gasteiger partial charge < -0.3 is 20.3 Å². The molecular weight excluding hydrogens is 386 g/mol. The van der Waals surface area contributed by atoms with Gasteiger partial charge in [0.2, 0.25) is 10.3 Å². The third-order valence-electron chi connectivity index (χ3n) is 4.80. The number of benzene rings is 1. The van der Waals surface area contributed by atoms with Gasteiger partial charge in [-0.3, -0.25) is 0 Å². The van der Waals surface area contributed by atoms with E-state index in [1.165, 1.54) is 11.3 Å². The molecule has 0 radical (unpaired) electrons. The number of hydrogen-bond donors (Lipinski definition) is 2. The van der Waals surface area contributed by atoms with Crippen LogP contribution < -0.4 is 15.5 Å². The highest BCUT2D eigenvalue weighted by atomic mass is 32.1. The number of nitrogens with zero attached hydrogens (tertiary/aromatic N) is 5. The van der Waals surface area contributed by atoms with Crippen molar-refractivity contribution in [2.45, 2.75) is 25.5 Å². The molecular formula is C20H25N7OS. The molecule has 0 unspecified atom stereocenters. The summed E-state index contributed by atoms with van der Waals surface area (Å²) in [6, 6.07) is 14.5. The fraction of sp³-hybridized carbons (Fsp3) is 0.400. The zero-order valence-electron chi connectivity index (χ0n) is 16.4. The van der Waals surface area contributed by atoms with E-state index in [1.807, 2.05) is 37.3 Å². The Labute approximate surface area is 174 Å². The van der Waals surface area contributed by atoms with E-state index in [0.717, 1.165) is 41.2 Å². The normalized spacial score (nSPS) is 17.3. The molecule has 29 heavy (non-hydrogen) atoms. The van der Waals surface area contributed by atoms with Crippen molar-refractivity contribution in [3.8, 4) is 0 Å². The van der Waals surface area contributed by atoms with Gasteiger partial charge in [-0.1, -0.05) is 41.7 Å². The van der Waals surface area contributed by atoms with Crippen LogP contribution >= 0.6 is 11.3 Å². The lowest BCUT2D eigenvalue weighted by atomic mass is 10.1. The van der Waals surface area contributed by atoms with Crippen molar-refractivity contribution in [1.82, 2.24) is 20.4 Å². The lowest BCUT2D eigenvalue weighted by Gasteiger charge is -2.17. The largest absolute Gasteiger partial charge is 0.372 e. The van der Waals surface area contributed by atoms with E-state index >= 15 is 0 Å². The van der Waals surface area contributed by atoms with Gasteiger partial charge >= 0.3 is 0 Å². The molecule has 1 saturated heterocycles. The van der Waals surface area contributed by atoms with Gasteiger partial charge in [0.1, 0.15) is 0 Å². The van der Waals surface area contributed by atoms with Gasteiger partial charge in [-0.05, 0) is 31.0 Å². The number of hydrogen-bond acceptors (Lipinski definition) is 9. The van der Waals surface area contributed by atoms with Crippen LogP contribution in [0, 0.1) is 0 Å². The molecule has 0 bridgehead atoms. The number of aromatic nitrogens is 4. The Morgan fingerprint density at radius 2 is 2.00 bits per heavy atom. The monoisotopic (exact) mass is 411 g/mol. The van der Waals surface area contributed by atoms with Crippen molar-refractivity contribution in [2.75, 3.05) is 41.8 Å². The smallest absolute Gasteiger partial charge is 0.207 e. The Kier molecular flexibility index (Phi) is 6.48. The molecule has 2 atom stereocenters. The minimum Gasteiger partial charge on any atom is -0.372 e. The van der Waals surface area contributed by atoms with Crippen LogP contribution in [0.4, 0.5) is 16.1 Å². The molecule has 0 saturated carbocycles. The third-order valence-corrected chi connectivity index (χ3v) is 5.61. The van der Waals surface area contributed by atoms with Crippen LogP contribution in [-0.2, 0) is 4.74 Å². The first kappa shape index (κ1) is 19.5. The Bertz CT molecular complexity index is 877. The molecule has 1 aliphatic rings. The lowest BCUT2D eigenvalue weighted by Crippen LogP contribution is -2.26. The van der Waals surface area contributed by atoms with E-state index < -0.39 is 0 Å². The molecule has 4 rings (SSSR count). The summed E-state index contributed by atoms with van der Waals surface area (Å²) in [6.45, 7) is 5.15. The van der Waals surface area contributed by atoms with Crippen molar-refractivity contribution in [2.24, 2.45) is 0 Å². The average Bonchev–Trinajstić information content (AvgIpc) is 3.42. The molecule has 0 spiro atoms. The number of anilines is 3. The van der Waals surface area contributed by atoms with E-state index in [9.17, 15) is 0 Å². The molecule has 1 aliphatic heterocycles. The Morgan fingerprint density at radius 3 is 2.79 bits per heavy atom. The molecule has 2 aromatic heterocycles. The van der Waals surface area contributed by atoms with Crippen LogP contribution in [0.1, 0.15) is 25.0 Å². The standard InChI is InChI=1S/C20H25N7OS/c1-2-28-17(15-7-4-3-5-8-15)13-21-19-25-26-20(29-19)23-16-10-12-27(14-16)18-9-6-11-22-24-18/h3-9,11,16-17H,2,10,12-14H2,1H3,(H,21,25)(H,23,26)/t16-,17-/m1/s1. The minimum absolute atomic E-state index is 0.0168. The summed E-state index contributed by atoms with van der Waals surface area (Å²) in [5.74, 6) is 0.916. The molecule has 0 aliphatic carbocycles. The summed E-state index contributed by atoms with van der Waals surface area (Å²) in [5, 5.41) is 25.2. The van der Waals surface area contributed by atoms with Gasteiger partial charge in [0.15, 0.2) is 5.82 Å². The van der Waals surface area contributed by atoms with Gasteiger partial charge in [0.25, 0.3) is 0 Å². The summed E-state index contributed by atoms with van der Waals surface area (Å²) in [5.41, 5.74) is 1.15. The molecule has 3 heterocycles. The number of ether oxygens (including phenoxy) is 1. The number of rotatable bonds is 9. The molecule has 3 aromatic rings. The van der Waals surface area contributed by atoms with Crippen LogP contribution in [0.3, 0.4) is 0 Å². The zero-order valence-corrected chi connectivity index (χ0v) is 17.2. The molecule has 1 aromatic carbocycles. The first-order chi connectivity index (χ1) is 14.3. The van der Waals surface area contributed by atoms with Crippen LogP contribution in [0.15, 0.2) is 48.7 Å². The predicted molar refractivity (Wildman–Crippen MR) is 115 cm³/mol. The molecule has 8 nitrogen and oxygen atoms in total. The first-order valence-corrected chi connectivity index (χ1v) is 10.7. The molecule has 2 N–H and O–H groups in total. The highest BCUT2D eigenvalue weighted by Gasteiger charge is 2.24. The maximum absolute atomic E-state index is 5.88. The Morgan fingerprint density at radius 1 is 1.14 bits per heavy atom. The van der Waals surface area contributed by atoms with E-state index in [1.54, 1.807) is 6.20 Å². The fourth-order valence-electron chi connectivity index (χ4n) is 3.40. The Balaban J connectivity index is 1.29. The van der Waals surface area contributed by atoms with E-state index in [0.29, 0.717) is 19.2 Å². The van der Waals surface area contributed by atoms with Crippen LogP contribution in [0.5, 0.6) is 0 Å². The summed E-state index contributed by atoms with van der Waals surface area (Å²) < 4.78 is 5.88. The molecule has 0 amide bonds. The molecule has 9 heteroatoms. The van der Waals surface area contributed by atoms with Crippen molar-refractivity contribution >= 4 is 27.4 Å². The number of nitrogens with one attached hydrogen (secondary N) is 2. The van der Waals surface area contributed by atoms with E-state index in [-0.39, 0.29) is 6.10 Å². The SMILES string of the molecule is CCO[C@H](CNc1nnc(N[C@@H]2CCN(c3cccnn3)C2)s1)c1ccccc1. The second-order valence-electron chi connectivity index (χ2n) is 6.81. The van der Waals surface area contributed by atoms with Crippen LogP contribution in [-0.4, -0.2) is 52.7 Å².